The zero-order valence-electron chi connectivity index (χ0n) is 12.0. The first-order chi connectivity index (χ1) is 11.1. The van der Waals surface area contributed by atoms with Gasteiger partial charge in [0.25, 0.3) is 11.8 Å². The molecule has 0 aliphatic heterocycles. The molecule has 0 saturated carbocycles. The Labute approximate surface area is 140 Å². The highest BCUT2D eigenvalue weighted by molar-refractivity contribution is 9.10. The third-order valence-corrected chi connectivity index (χ3v) is 3.51. The fraction of sp³-hybridized carbons (Fsp3) is 0.133. The van der Waals surface area contributed by atoms with E-state index in [-0.39, 0.29) is 18.7 Å². The Bertz CT molecular complexity index is 701. The second-order valence-corrected chi connectivity index (χ2v) is 5.32. The van der Waals surface area contributed by atoms with Gasteiger partial charge in [0.2, 0.25) is 5.91 Å². The molecular weight excluding hydrogens is 366 g/mol. The van der Waals surface area contributed by atoms with Crippen LogP contribution in [-0.2, 0) is 4.79 Å². The van der Waals surface area contributed by atoms with Gasteiger partial charge in [0.15, 0.2) is 5.76 Å². The van der Waals surface area contributed by atoms with Crippen molar-refractivity contribution >= 4 is 33.7 Å². The number of rotatable bonds is 5. The number of furan rings is 1. The van der Waals surface area contributed by atoms with Crippen LogP contribution in [0.25, 0.3) is 0 Å². The minimum Gasteiger partial charge on any atom is -0.459 e. The van der Waals surface area contributed by atoms with Gasteiger partial charge in [-0.3, -0.25) is 25.2 Å². The molecular formula is C15H14BrN3O4. The molecule has 2 aromatic rings. The van der Waals surface area contributed by atoms with Gasteiger partial charge in [-0.25, -0.2) is 0 Å². The van der Waals surface area contributed by atoms with E-state index in [1.807, 2.05) is 0 Å². The van der Waals surface area contributed by atoms with Crippen LogP contribution < -0.4 is 16.2 Å². The molecule has 0 atom stereocenters. The number of carbonyl (C=O) groups is 3. The molecule has 0 bridgehead atoms. The Balaban J connectivity index is 1.70. The average molecular weight is 380 g/mol. The number of benzene rings is 1. The minimum absolute atomic E-state index is 0.0166. The summed E-state index contributed by atoms with van der Waals surface area (Å²) in [6.07, 6.45) is 1.40. The van der Waals surface area contributed by atoms with E-state index in [2.05, 4.69) is 32.1 Å². The van der Waals surface area contributed by atoms with E-state index >= 15 is 0 Å². The van der Waals surface area contributed by atoms with Gasteiger partial charge < -0.3 is 9.73 Å². The summed E-state index contributed by atoms with van der Waals surface area (Å²) in [5, 5.41) is 2.53. The maximum absolute atomic E-state index is 11.9. The average Bonchev–Trinajstić information content (AvgIpc) is 3.07. The molecule has 3 N–H and O–H groups in total. The van der Waals surface area contributed by atoms with Gasteiger partial charge in [0.1, 0.15) is 0 Å². The van der Waals surface area contributed by atoms with Gasteiger partial charge in [-0.15, -0.1) is 0 Å². The predicted octanol–water partition coefficient (Wildman–Crippen LogP) is 1.62. The Hall–Kier alpha value is -2.61. The van der Waals surface area contributed by atoms with Crippen molar-refractivity contribution in [1.82, 2.24) is 16.2 Å². The summed E-state index contributed by atoms with van der Waals surface area (Å²) in [6, 6.07) is 9.95. The largest absolute Gasteiger partial charge is 0.459 e. The summed E-state index contributed by atoms with van der Waals surface area (Å²) in [7, 11) is 0. The van der Waals surface area contributed by atoms with Crippen LogP contribution in [0.2, 0.25) is 0 Å². The van der Waals surface area contributed by atoms with Gasteiger partial charge in [0, 0.05) is 17.4 Å². The Morgan fingerprint density at radius 2 is 1.78 bits per heavy atom. The molecule has 0 spiro atoms. The van der Waals surface area contributed by atoms with Crippen LogP contribution in [0.1, 0.15) is 27.3 Å². The van der Waals surface area contributed by atoms with Crippen LogP contribution in [0.5, 0.6) is 0 Å². The molecule has 120 valence electrons. The van der Waals surface area contributed by atoms with Gasteiger partial charge in [-0.05, 0) is 40.2 Å². The number of carbonyl (C=O) groups excluding carboxylic acids is 3. The predicted molar refractivity (Wildman–Crippen MR) is 85.4 cm³/mol. The van der Waals surface area contributed by atoms with Crippen molar-refractivity contribution in [3.8, 4) is 0 Å². The number of hydrogen-bond acceptors (Lipinski definition) is 4. The molecule has 0 radical (unpaired) electrons. The number of amides is 3. The summed E-state index contributed by atoms with van der Waals surface area (Å²) in [6.45, 7) is 0.121. The zero-order chi connectivity index (χ0) is 16.7. The molecule has 1 aromatic heterocycles. The maximum Gasteiger partial charge on any atom is 0.286 e. The minimum atomic E-state index is -0.439. The lowest BCUT2D eigenvalue weighted by Gasteiger charge is -2.08. The van der Waals surface area contributed by atoms with Gasteiger partial charge in [-0.1, -0.05) is 12.1 Å². The summed E-state index contributed by atoms with van der Waals surface area (Å²) in [5.41, 5.74) is 4.99. The maximum atomic E-state index is 11.9. The second-order valence-electron chi connectivity index (χ2n) is 4.47. The first kappa shape index (κ1) is 16.8. The van der Waals surface area contributed by atoms with Crippen LogP contribution in [0.4, 0.5) is 0 Å². The van der Waals surface area contributed by atoms with Crippen molar-refractivity contribution in [2.24, 2.45) is 0 Å². The van der Waals surface area contributed by atoms with E-state index in [1.165, 1.54) is 12.3 Å². The molecule has 1 aromatic carbocycles. The zero-order valence-corrected chi connectivity index (χ0v) is 13.6. The fourth-order valence-electron chi connectivity index (χ4n) is 1.69. The summed E-state index contributed by atoms with van der Waals surface area (Å²) in [4.78, 5) is 35.1. The number of nitrogens with one attached hydrogen (secondary N) is 3. The number of hydrogen-bond donors (Lipinski definition) is 3. The quantitative estimate of drug-likeness (QED) is 0.687. The van der Waals surface area contributed by atoms with Crippen LogP contribution in [0.3, 0.4) is 0 Å². The molecule has 0 saturated heterocycles. The second kappa shape index (κ2) is 8.14. The van der Waals surface area contributed by atoms with Crippen molar-refractivity contribution in [2.45, 2.75) is 6.42 Å². The highest BCUT2D eigenvalue weighted by Crippen LogP contribution is 2.15. The Kier molecular flexibility index (Phi) is 5.93. The van der Waals surface area contributed by atoms with Gasteiger partial charge in [0.05, 0.1) is 11.8 Å². The lowest BCUT2D eigenvalue weighted by Crippen LogP contribution is -2.42. The van der Waals surface area contributed by atoms with Crippen molar-refractivity contribution < 1.29 is 18.8 Å². The topological polar surface area (TPSA) is 100 Å². The number of halogens is 1. The van der Waals surface area contributed by atoms with Crippen LogP contribution >= 0.6 is 15.9 Å². The van der Waals surface area contributed by atoms with Crippen molar-refractivity contribution in [1.29, 1.82) is 0 Å². The molecule has 0 aliphatic carbocycles. The third-order valence-electron chi connectivity index (χ3n) is 2.82. The highest BCUT2D eigenvalue weighted by atomic mass is 79.9. The Morgan fingerprint density at radius 1 is 1.00 bits per heavy atom. The summed E-state index contributed by atoms with van der Waals surface area (Å²) in [5.74, 6) is -1.09. The van der Waals surface area contributed by atoms with Crippen molar-refractivity contribution in [2.75, 3.05) is 6.54 Å². The lowest BCUT2D eigenvalue weighted by molar-refractivity contribution is -0.121. The molecule has 0 aliphatic rings. The van der Waals surface area contributed by atoms with E-state index in [1.54, 1.807) is 30.3 Å². The van der Waals surface area contributed by atoms with E-state index in [0.717, 1.165) is 0 Å². The van der Waals surface area contributed by atoms with E-state index in [9.17, 15) is 14.4 Å². The molecule has 2 rings (SSSR count). The molecule has 0 unspecified atom stereocenters. The molecule has 1 heterocycles. The molecule has 23 heavy (non-hydrogen) atoms. The first-order valence-corrected chi connectivity index (χ1v) is 7.52. The van der Waals surface area contributed by atoms with E-state index in [0.29, 0.717) is 10.0 Å². The molecule has 7 nitrogen and oxygen atoms in total. The van der Waals surface area contributed by atoms with Crippen LogP contribution in [0, 0.1) is 0 Å². The smallest absolute Gasteiger partial charge is 0.286 e. The van der Waals surface area contributed by atoms with Crippen molar-refractivity contribution in [3.63, 3.8) is 0 Å². The van der Waals surface area contributed by atoms with E-state index in [4.69, 9.17) is 4.42 Å². The Morgan fingerprint density at radius 3 is 2.48 bits per heavy atom. The first-order valence-electron chi connectivity index (χ1n) is 6.73. The summed E-state index contributed by atoms with van der Waals surface area (Å²) >= 11 is 3.25. The lowest BCUT2D eigenvalue weighted by atomic mass is 10.2. The molecule has 0 fully saturated rings. The van der Waals surface area contributed by atoms with Gasteiger partial charge in [-0.2, -0.15) is 0 Å². The SMILES string of the molecule is O=C(CCNC(=O)c1ccco1)NNC(=O)c1ccccc1Br. The third kappa shape index (κ3) is 4.96. The van der Waals surface area contributed by atoms with Gasteiger partial charge >= 0.3 is 0 Å². The molecule has 8 heteroatoms. The number of hydrazine groups is 1. The highest BCUT2D eigenvalue weighted by Gasteiger charge is 2.11. The standard InChI is InChI=1S/C15H14BrN3O4/c16-11-5-2-1-4-10(11)14(21)19-18-13(20)7-8-17-15(22)12-6-3-9-23-12/h1-6,9H,7-8H2,(H,17,22)(H,18,20)(H,19,21). The van der Waals surface area contributed by atoms with Crippen LogP contribution in [-0.4, -0.2) is 24.3 Å². The van der Waals surface area contributed by atoms with E-state index < -0.39 is 17.7 Å². The summed E-state index contributed by atoms with van der Waals surface area (Å²) < 4.78 is 5.54. The van der Waals surface area contributed by atoms with Crippen LogP contribution in [0.15, 0.2) is 51.6 Å². The monoisotopic (exact) mass is 379 g/mol. The molecule has 3 amide bonds. The fourth-order valence-corrected chi connectivity index (χ4v) is 2.15. The normalized spacial score (nSPS) is 9.96. The van der Waals surface area contributed by atoms with Crippen molar-refractivity contribution in [3.05, 3.63) is 58.5 Å².